The molecule has 0 saturated carbocycles. The molecule has 1 unspecified atom stereocenters. The molecular weight excluding hydrogens is 210 g/mol. The summed E-state index contributed by atoms with van der Waals surface area (Å²) < 4.78 is 0. The summed E-state index contributed by atoms with van der Waals surface area (Å²) >= 11 is 0. The van der Waals surface area contributed by atoms with Crippen LogP contribution in [0.15, 0.2) is 6.07 Å². The van der Waals surface area contributed by atoms with E-state index in [9.17, 15) is 4.79 Å². The van der Waals surface area contributed by atoms with Gasteiger partial charge in [-0.05, 0) is 55.5 Å². The summed E-state index contributed by atoms with van der Waals surface area (Å²) in [6.07, 6.45) is 0.666. The molecule has 92 valence electrons. The van der Waals surface area contributed by atoms with Crippen LogP contribution in [-0.2, 0) is 4.79 Å². The highest BCUT2D eigenvalue weighted by Gasteiger charge is 2.29. The van der Waals surface area contributed by atoms with Crippen LogP contribution in [0.25, 0.3) is 0 Å². The minimum atomic E-state index is 0.269. The maximum Gasteiger partial charge on any atom is 0.223 e. The molecule has 1 saturated heterocycles. The number of rotatable bonds is 1. The van der Waals surface area contributed by atoms with Gasteiger partial charge in [0.05, 0.1) is 0 Å². The van der Waals surface area contributed by atoms with E-state index < -0.39 is 0 Å². The van der Waals surface area contributed by atoms with Crippen molar-refractivity contribution < 1.29 is 4.79 Å². The fraction of sp³-hybridized carbons (Fsp3) is 0.533. The Morgan fingerprint density at radius 3 is 2.29 bits per heavy atom. The summed E-state index contributed by atoms with van der Waals surface area (Å²) in [6, 6.07) is 2.27. The smallest absolute Gasteiger partial charge is 0.223 e. The van der Waals surface area contributed by atoms with Crippen molar-refractivity contribution in [2.75, 3.05) is 13.6 Å². The van der Waals surface area contributed by atoms with Crippen LogP contribution in [0.4, 0.5) is 0 Å². The summed E-state index contributed by atoms with van der Waals surface area (Å²) in [4.78, 5) is 13.5. The molecule has 2 nitrogen and oxygen atoms in total. The number of carbonyl (C=O) groups is 1. The Labute approximate surface area is 104 Å². The molecule has 1 fully saturated rings. The molecule has 0 aromatic heterocycles. The van der Waals surface area contributed by atoms with Crippen LogP contribution in [0.5, 0.6) is 0 Å². The molecular formula is C15H21NO. The van der Waals surface area contributed by atoms with Crippen molar-refractivity contribution in [3.8, 4) is 0 Å². The molecule has 0 radical (unpaired) electrons. The van der Waals surface area contributed by atoms with E-state index in [0.29, 0.717) is 12.3 Å². The number of likely N-dealkylation sites (tertiary alicyclic amines) is 1. The number of carbonyl (C=O) groups excluding carboxylic acids is 1. The Hall–Kier alpha value is -1.31. The number of hydrogen-bond donors (Lipinski definition) is 0. The summed E-state index contributed by atoms with van der Waals surface area (Å²) in [7, 11) is 1.89. The molecule has 0 spiro atoms. The van der Waals surface area contributed by atoms with Crippen molar-refractivity contribution in [1.82, 2.24) is 4.90 Å². The third-order valence-electron chi connectivity index (χ3n) is 4.30. The minimum absolute atomic E-state index is 0.269. The lowest BCUT2D eigenvalue weighted by atomic mass is 9.87. The molecule has 0 bridgehead atoms. The number of nitrogens with zero attached hydrogens (tertiary/aromatic N) is 1. The zero-order chi connectivity index (χ0) is 12.7. The Kier molecular flexibility index (Phi) is 2.98. The van der Waals surface area contributed by atoms with Gasteiger partial charge in [-0.1, -0.05) is 6.07 Å². The van der Waals surface area contributed by atoms with Crippen LogP contribution >= 0.6 is 0 Å². The van der Waals surface area contributed by atoms with Crippen molar-refractivity contribution in [1.29, 1.82) is 0 Å². The Morgan fingerprint density at radius 2 is 1.76 bits per heavy atom. The van der Waals surface area contributed by atoms with Gasteiger partial charge >= 0.3 is 0 Å². The maximum atomic E-state index is 11.6. The largest absolute Gasteiger partial charge is 0.345 e. The molecule has 1 amide bonds. The average molecular weight is 231 g/mol. The number of aryl methyl sites for hydroxylation is 1. The van der Waals surface area contributed by atoms with Crippen molar-refractivity contribution in [2.45, 2.75) is 40.0 Å². The van der Waals surface area contributed by atoms with E-state index in [0.717, 1.165) is 6.54 Å². The van der Waals surface area contributed by atoms with Gasteiger partial charge in [0, 0.05) is 25.9 Å². The van der Waals surface area contributed by atoms with Crippen LogP contribution in [0.2, 0.25) is 0 Å². The van der Waals surface area contributed by atoms with E-state index >= 15 is 0 Å². The highest BCUT2D eigenvalue weighted by Crippen LogP contribution is 2.32. The van der Waals surface area contributed by atoms with Gasteiger partial charge in [0.25, 0.3) is 0 Å². The molecule has 1 aromatic carbocycles. The van der Waals surface area contributed by atoms with Crippen LogP contribution in [0.1, 0.15) is 40.2 Å². The van der Waals surface area contributed by atoms with Crippen LogP contribution in [0, 0.1) is 27.7 Å². The highest BCUT2D eigenvalue weighted by molar-refractivity contribution is 5.79. The second-order valence-electron chi connectivity index (χ2n) is 5.33. The van der Waals surface area contributed by atoms with Gasteiger partial charge in [-0.2, -0.15) is 0 Å². The number of hydrogen-bond acceptors (Lipinski definition) is 1. The molecule has 17 heavy (non-hydrogen) atoms. The van der Waals surface area contributed by atoms with Gasteiger partial charge < -0.3 is 4.90 Å². The van der Waals surface area contributed by atoms with Gasteiger partial charge in [-0.3, -0.25) is 4.79 Å². The first-order valence-corrected chi connectivity index (χ1v) is 6.23. The maximum absolute atomic E-state index is 11.6. The molecule has 0 N–H and O–H groups in total. The zero-order valence-electron chi connectivity index (χ0n) is 11.4. The van der Waals surface area contributed by atoms with Gasteiger partial charge in [0.2, 0.25) is 5.91 Å². The van der Waals surface area contributed by atoms with Crippen molar-refractivity contribution in [3.63, 3.8) is 0 Å². The average Bonchev–Trinajstić information content (AvgIpc) is 2.61. The van der Waals surface area contributed by atoms with E-state index in [-0.39, 0.29) is 5.91 Å². The number of likely N-dealkylation sites (N-methyl/N-ethyl adjacent to an activating group) is 1. The van der Waals surface area contributed by atoms with Crippen LogP contribution in [0.3, 0.4) is 0 Å². The summed E-state index contributed by atoms with van der Waals surface area (Å²) in [6.45, 7) is 9.56. The van der Waals surface area contributed by atoms with E-state index in [1.165, 1.54) is 27.8 Å². The molecule has 0 aliphatic carbocycles. The summed E-state index contributed by atoms with van der Waals surface area (Å²) in [5.74, 6) is 0.649. The first-order valence-electron chi connectivity index (χ1n) is 6.23. The second-order valence-corrected chi connectivity index (χ2v) is 5.33. The standard InChI is InChI=1S/C15H21NO/c1-9-6-14(12(4)11(3)10(9)2)13-7-15(17)16(5)8-13/h6,13H,7-8H2,1-5H3. The molecule has 2 rings (SSSR count). The third-order valence-corrected chi connectivity index (χ3v) is 4.30. The van der Waals surface area contributed by atoms with Crippen molar-refractivity contribution in [2.24, 2.45) is 0 Å². The fourth-order valence-electron chi connectivity index (χ4n) is 2.74. The molecule has 2 heteroatoms. The van der Waals surface area contributed by atoms with Gasteiger partial charge in [0.15, 0.2) is 0 Å². The number of amides is 1. The molecule has 1 aliphatic heterocycles. The molecule has 1 aliphatic rings. The lowest BCUT2D eigenvalue weighted by Gasteiger charge is -2.18. The van der Waals surface area contributed by atoms with Crippen LogP contribution < -0.4 is 0 Å². The second kappa shape index (κ2) is 4.17. The van der Waals surface area contributed by atoms with Gasteiger partial charge in [-0.25, -0.2) is 0 Å². The SMILES string of the molecule is Cc1cc(C2CC(=O)N(C)C2)c(C)c(C)c1C. The highest BCUT2D eigenvalue weighted by atomic mass is 16.2. The molecule has 1 atom stereocenters. The monoisotopic (exact) mass is 231 g/mol. The summed E-state index contributed by atoms with van der Waals surface area (Å²) in [5.41, 5.74) is 6.82. The van der Waals surface area contributed by atoms with E-state index in [2.05, 4.69) is 33.8 Å². The van der Waals surface area contributed by atoms with E-state index in [1.54, 1.807) is 0 Å². The van der Waals surface area contributed by atoms with Crippen molar-refractivity contribution in [3.05, 3.63) is 33.9 Å². The first kappa shape index (κ1) is 12.2. The van der Waals surface area contributed by atoms with Gasteiger partial charge in [0.1, 0.15) is 0 Å². The minimum Gasteiger partial charge on any atom is -0.345 e. The van der Waals surface area contributed by atoms with Gasteiger partial charge in [-0.15, -0.1) is 0 Å². The van der Waals surface area contributed by atoms with Crippen molar-refractivity contribution >= 4 is 5.91 Å². The zero-order valence-corrected chi connectivity index (χ0v) is 11.4. The predicted molar refractivity (Wildman–Crippen MR) is 70.4 cm³/mol. The Bertz CT molecular complexity index is 476. The Balaban J connectivity index is 2.44. The lowest BCUT2D eigenvalue weighted by molar-refractivity contribution is -0.126. The topological polar surface area (TPSA) is 20.3 Å². The molecule has 1 aromatic rings. The third kappa shape index (κ3) is 1.97. The number of benzene rings is 1. The predicted octanol–water partition coefficient (Wildman–Crippen LogP) is 2.87. The normalized spacial score (nSPS) is 20.2. The fourth-order valence-corrected chi connectivity index (χ4v) is 2.74. The van der Waals surface area contributed by atoms with Crippen LogP contribution in [-0.4, -0.2) is 24.4 Å². The Morgan fingerprint density at radius 1 is 1.12 bits per heavy atom. The molecule has 1 heterocycles. The van der Waals surface area contributed by atoms with E-state index in [1.807, 2.05) is 11.9 Å². The first-order chi connectivity index (χ1) is 7.91. The quantitative estimate of drug-likeness (QED) is 0.727. The van der Waals surface area contributed by atoms with E-state index in [4.69, 9.17) is 0 Å². The lowest BCUT2D eigenvalue weighted by Crippen LogP contribution is -2.18. The summed E-state index contributed by atoms with van der Waals surface area (Å²) in [5, 5.41) is 0.